The molecule has 0 atom stereocenters. The van der Waals surface area contributed by atoms with Crippen LogP contribution in [-0.2, 0) is 10.5 Å². The molecule has 0 radical (unpaired) electrons. The molecule has 1 amide bonds. The maximum Gasteiger partial charge on any atom is 0.230 e. The largest absolute Gasteiger partial charge is 0.361 e. The third kappa shape index (κ3) is 4.99. The highest BCUT2D eigenvalue weighted by Gasteiger charge is 2.12. The molecule has 0 aliphatic rings. The lowest BCUT2D eigenvalue weighted by Gasteiger charge is -2.00. The van der Waals surface area contributed by atoms with Crippen molar-refractivity contribution in [3.63, 3.8) is 0 Å². The Morgan fingerprint density at radius 2 is 2.00 bits per heavy atom. The second-order valence-electron chi connectivity index (χ2n) is 4.56. The Bertz CT molecular complexity index is 607. The first-order chi connectivity index (χ1) is 10.6. The van der Waals surface area contributed by atoms with Crippen molar-refractivity contribution in [3.05, 3.63) is 17.0 Å². The molecule has 0 aromatic carbocycles. The van der Waals surface area contributed by atoms with E-state index in [4.69, 9.17) is 4.52 Å². The smallest absolute Gasteiger partial charge is 0.230 e. The molecule has 0 bridgehead atoms. The summed E-state index contributed by atoms with van der Waals surface area (Å²) in [5.41, 5.74) is 2.02. The highest BCUT2D eigenvalue weighted by molar-refractivity contribution is 8.03. The van der Waals surface area contributed by atoms with Gasteiger partial charge in [0.2, 0.25) is 5.91 Å². The van der Waals surface area contributed by atoms with Crippen LogP contribution in [0.5, 0.6) is 0 Å². The number of nitrogens with one attached hydrogen (secondary N) is 1. The van der Waals surface area contributed by atoms with E-state index in [0.717, 1.165) is 37.9 Å². The maximum atomic E-state index is 11.5. The van der Waals surface area contributed by atoms with Gasteiger partial charge >= 0.3 is 0 Å². The normalized spacial score (nSPS) is 10.9. The second-order valence-corrected chi connectivity index (χ2v) is 7.99. The Morgan fingerprint density at radius 1 is 1.27 bits per heavy atom. The first-order valence-corrected chi connectivity index (χ1v) is 9.66. The van der Waals surface area contributed by atoms with E-state index in [1.165, 1.54) is 23.1 Å². The highest BCUT2D eigenvalue weighted by atomic mass is 32.2. The van der Waals surface area contributed by atoms with Crippen molar-refractivity contribution >= 4 is 40.8 Å². The summed E-state index contributed by atoms with van der Waals surface area (Å²) in [6, 6.07) is 0. The van der Waals surface area contributed by atoms with Crippen LogP contribution in [0.1, 0.15) is 30.4 Å². The number of rotatable bonds is 8. The van der Waals surface area contributed by atoms with Gasteiger partial charge in [-0.3, -0.25) is 4.79 Å². The quantitative estimate of drug-likeness (QED) is 0.726. The van der Waals surface area contributed by atoms with Crippen molar-refractivity contribution in [2.75, 3.05) is 12.3 Å². The summed E-state index contributed by atoms with van der Waals surface area (Å²) < 4.78 is 6.84. The van der Waals surface area contributed by atoms with Crippen molar-refractivity contribution in [2.45, 2.75) is 41.6 Å². The number of hydrogen-bond donors (Lipinski definition) is 1. The van der Waals surface area contributed by atoms with E-state index >= 15 is 0 Å². The van der Waals surface area contributed by atoms with Crippen LogP contribution in [-0.4, -0.2) is 33.6 Å². The maximum absolute atomic E-state index is 11.5. The zero-order chi connectivity index (χ0) is 15.9. The number of carbonyl (C=O) groups excluding carboxylic acids is 1. The number of thioether (sulfide) groups is 2. The monoisotopic (exact) mass is 358 g/mol. The molecule has 1 N–H and O–H groups in total. The molecule has 0 aliphatic carbocycles. The topological polar surface area (TPSA) is 80.9 Å². The van der Waals surface area contributed by atoms with E-state index in [2.05, 4.69) is 20.7 Å². The van der Waals surface area contributed by atoms with Crippen LogP contribution in [0, 0.1) is 13.8 Å². The summed E-state index contributed by atoms with van der Waals surface area (Å²) in [7, 11) is 0. The van der Waals surface area contributed by atoms with E-state index in [1.807, 2.05) is 20.8 Å². The number of aryl methyl sites for hydroxylation is 2. The zero-order valence-corrected chi connectivity index (χ0v) is 15.2. The molecule has 0 unspecified atom stereocenters. The molecule has 2 rings (SSSR count). The van der Waals surface area contributed by atoms with Gasteiger partial charge in [-0.15, -0.1) is 10.2 Å². The van der Waals surface area contributed by atoms with Gasteiger partial charge in [-0.2, -0.15) is 0 Å². The number of aromatic nitrogens is 3. The molecule has 2 heterocycles. The van der Waals surface area contributed by atoms with E-state index in [1.54, 1.807) is 11.8 Å². The molecule has 6 nitrogen and oxygen atoms in total. The van der Waals surface area contributed by atoms with Gasteiger partial charge in [0.1, 0.15) is 5.76 Å². The van der Waals surface area contributed by atoms with Crippen LogP contribution in [0.25, 0.3) is 0 Å². The van der Waals surface area contributed by atoms with Gasteiger partial charge in [0.05, 0.1) is 11.4 Å². The van der Waals surface area contributed by atoms with Gasteiger partial charge in [-0.1, -0.05) is 46.9 Å². The summed E-state index contributed by atoms with van der Waals surface area (Å²) in [4.78, 5) is 11.5. The van der Waals surface area contributed by atoms with Crippen LogP contribution in [0.3, 0.4) is 0 Å². The lowest BCUT2D eigenvalue weighted by atomic mass is 10.2. The van der Waals surface area contributed by atoms with Gasteiger partial charge in [0.15, 0.2) is 8.68 Å². The van der Waals surface area contributed by atoms with Gasteiger partial charge in [-0.25, -0.2) is 0 Å². The lowest BCUT2D eigenvalue weighted by molar-refractivity contribution is -0.118. The molecule has 9 heteroatoms. The van der Waals surface area contributed by atoms with Crippen molar-refractivity contribution in [3.8, 4) is 0 Å². The van der Waals surface area contributed by atoms with Crippen LogP contribution >= 0.6 is 34.9 Å². The molecular weight excluding hydrogens is 340 g/mol. The number of hydrogen-bond acceptors (Lipinski definition) is 8. The fraction of sp³-hybridized carbons (Fsp3) is 0.538. The molecule has 0 saturated heterocycles. The van der Waals surface area contributed by atoms with Crippen LogP contribution < -0.4 is 5.32 Å². The van der Waals surface area contributed by atoms with Crippen molar-refractivity contribution in [1.29, 1.82) is 0 Å². The summed E-state index contributed by atoms with van der Waals surface area (Å²) in [5, 5.41) is 15.0. The standard InChI is InChI=1S/C13H18N4O2S3/c1-4-5-14-11(18)7-21-13-16-15-12(22-13)20-6-10-8(2)17-19-9(10)3/h4-7H2,1-3H3,(H,14,18). The van der Waals surface area contributed by atoms with E-state index in [9.17, 15) is 4.79 Å². The summed E-state index contributed by atoms with van der Waals surface area (Å²) >= 11 is 4.53. The van der Waals surface area contributed by atoms with Crippen molar-refractivity contribution < 1.29 is 9.32 Å². The first-order valence-electron chi connectivity index (χ1n) is 6.87. The van der Waals surface area contributed by atoms with Gasteiger partial charge in [0.25, 0.3) is 0 Å². The van der Waals surface area contributed by atoms with Crippen LogP contribution in [0.4, 0.5) is 0 Å². The van der Waals surface area contributed by atoms with Crippen LogP contribution in [0.15, 0.2) is 13.2 Å². The van der Waals surface area contributed by atoms with Gasteiger partial charge < -0.3 is 9.84 Å². The minimum Gasteiger partial charge on any atom is -0.361 e. The molecule has 0 spiro atoms. The molecule has 2 aromatic rings. The summed E-state index contributed by atoms with van der Waals surface area (Å²) in [6.07, 6.45) is 0.942. The Morgan fingerprint density at radius 3 is 2.64 bits per heavy atom. The minimum atomic E-state index is 0.0342. The summed E-state index contributed by atoms with van der Waals surface area (Å²) in [6.45, 7) is 6.59. The predicted octanol–water partition coefficient (Wildman–Crippen LogP) is 3.05. The SMILES string of the molecule is CCCNC(=O)CSc1nnc(SCc2c(C)noc2C)s1. The molecule has 120 valence electrons. The first kappa shape index (κ1) is 17.3. The lowest BCUT2D eigenvalue weighted by Crippen LogP contribution is -2.25. The second kappa shape index (κ2) is 8.54. The Labute approximate surface area is 141 Å². The van der Waals surface area contributed by atoms with E-state index < -0.39 is 0 Å². The van der Waals surface area contributed by atoms with Crippen LogP contribution in [0.2, 0.25) is 0 Å². The molecule has 0 saturated carbocycles. The highest BCUT2D eigenvalue weighted by Crippen LogP contribution is 2.31. The number of amides is 1. The molecule has 2 aromatic heterocycles. The fourth-order valence-electron chi connectivity index (χ4n) is 1.60. The van der Waals surface area contributed by atoms with Gasteiger partial charge in [-0.05, 0) is 20.3 Å². The van der Waals surface area contributed by atoms with E-state index in [0.29, 0.717) is 12.3 Å². The Balaban J connectivity index is 1.80. The van der Waals surface area contributed by atoms with Crippen molar-refractivity contribution in [2.24, 2.45) is 0 Å². The molecular formula is C13H18N4O2S3. The average Bonchev–Trinajstić information content (AvgIpc) is 3.08. The summed E-state index contributed by atoms with van der Waals surface area (Å²) in [5.74, 6) is 2.02. The average molecular weight is 359 g/mol. The fourth-order valence-corrected chi connectivity index (χ4v) is 4.60. The number of carbonyl (C=O) groups is 1. The molecule has 0 aliphatic heterocycles. The number of nitrogens with zero attached hydrogens (tertiary/aromatic N) is 3. The van der Waals surface area contributed by atoms with Crippen molar-refractivity contribution in [1.82, 2.24) is 20.7 Å². The molecule has 22 heavy (non-hydrogen) atoms. The van der Waals surface area contributed by atoms with E-state index in [-0.39, 0.29) is 5.91 Å². The predicted molar refractivity (Wildman–Crippen MR) is 89.5 cm³/mol. The Kier molecular flexibility index (Phi) is 6.71. The van der Waals surface area contributed by atoms with Gasteiger partial charge in [0, 0.05) is 17.9 Å². The Hall–Kier alpha value is -1.06. The third-order valence-electron chi connectivity index (χ3n) is 2.81. The third-order valence-corrected chi connectivity index (χ3v) is 6.02. The zero-order valence-electron chi connectivity index (χ0n) is 12.7. The molecule has 0 fully saturated rings. The minimum absolute atomic E-state index is 0.0342.